The van der Waals surface area contributed by atoms with E-state index in [9.17, 15) is 9.59 Å². The van der Waals surface area contributed by atoms with E-state index >= 15 is 0 Å². The van der Waals surface area contributed by atoms with Crippen molar-refractivity contribution in [2.75, 3.05) is 18.9 Å². The predicted octanol–water partition coefficient (Wildman–Crippen LogP) is 2.69. The van der Waals surface area contributed by atoms with E-state index in [0.29, 0.717) is 5.82 Å². The quantitative estimate of drug-likeness (QED) is 0.923. The molecule has 26 heavy (non-hydrogen) atoms. The summed E-state index contributed by atoms with van der Waals surface area (Å²) in [6, 6.07) is 12.1. The Hall–Kier alpha value is -2.69. The van der Waals surface area contributed by atoms with E-state index in [1.54, 1.807) is 24.2 Å². The van der Waals surface area contributed by atoms with Gasteiger partial charge < -0.3 is 10.2 Å². The molecule has 1 spiro atoms. The van der Waals surface area contributed by atoms with Gasteiger partial charge in [-0.25, -0.2) is 4.98 Å². The predicted molar refractivity (Wildman–Crippen MR) is 99.8 cm³/mol. The highest BCUT2D eigenvalue weighted by Crippen LogP contribution is 2.61. The number of benzene rings is 1. The Morgan fingerprint density at radius 1 is 1.27 bits per heavy atom. The van der Waals surface area contributed by atoms with Gasteiger partial charge in [0.1, 0.15) is 5.82 Å². The largest absolute Gasteiger partial charge is 0.336 e. The van der Waals surface area contributed by atoms with Gasteiger partial charge in [0.2, 0.25) is 11.8 Å². The molecule has 5 nitrogen and oxygen atoms in total. The van der Waals surface area contributed by atoms with Gasteiger partial charge >= 0.3 is 0 Å². The normalized spacial score (nSPS) is 22.8. The van der Waals surface area contributed by atoms with Crippen molar-refractivity contribution < 1.29 is 9.59 Å². The molecule has 2 amide bonds. The highest BCUT2D eigenvalue weighted by Gasteiger charge is 2.61. The molecule has 1 fully saturated rings. The van der Waals surface area contributed by atoms with Crippen LogP contribution in [0.1, 0.15) is 29.5 Å². The van der Waals surface area contributed by atoms with E-state index in [4.69, 9.17) is 0 Å². The van der Waals surface area contributed by atoms with Gasteiger partial charge in [-0.3, -0.25) is 9.59 Å². The molecule has 2 aliphatic carbocycles. The summed E-state index contributed by atoms with van der Waals surface area (Å²) in [6.45, 7) is 1.99. The Morgan fingerprint density at radius 2 is 2.08 bits per heavy atom. The van der Waals surface area contributed by atoms with Gasteiger partial charge in [-0.05, 0) is 48.9 Å². The zero-order valence-electron chi connectivity index (χ0n) is 15.2. The minimum Gasteiger partial charge on any atom is -0.336 e. The van der Waals surface area contributed by atoms with Crippen LogP contribution >= 0.6 is 0 Å². The van der Waals surface area contributed by atoms with Crippen molar-refractivity contribution in [2.45, 2.75) is 31.6 Å². The number of rotatable bonds is 4. The second-order valence-corrected chi connectivity index (χ2v) is 7.53. The number of nitrogens with zero attached hydrogens (tertiary/aromatic N) is 2. The Bertz CT molecular complexity index is 862. The summed E-state index contributed by atoms with van der Waals surface area (Å²) in [6.07, 6.45) is 4.68. The molecule has 2 atom stereocenters. The number of amides is 2. The van der Waals surface area contributed by atoms with Crippen molar-refractivity contribution in [2.24, 2.45) is 5.92 Å². The van der Waals surface area contributed by atoms with Gasteiger partial charge in [-0.1, -0.05) is 30.3 Å². The summed E-state index contributed by atoms with van der Waals surface area (Å²) in [5.74, 6) is 0.350. The summed E-state index contributed by atoms with van der Waals surface area (Å²) in [5.41, 5.74) is 3.75. The molecule has 4 rings (SSSR count). The fourth-order valence-electron chi connectivity index (χ4n) is 4.20. The maximum atomic E-state index is 12.8. The number of hydrogen-bond acceptors (Lipinski definition) is 3. The third-order valence-electron chi connectivity index (χ3n) is 5.70. The molecule has 5 heteroatoms. The molecule has 0 aliphatic heterocycles. The van der Waals surface area contributed by atoms with Crippen LogP contribution in [0.3, 0.4) is 0 Å². The molecule has 0 saturated heterocycles. The first-order chi connectivity index (χ1) is 12.5. The molecule has 1 aromatic carbocycles. The number of pyridine rings is 1. The van der Waals surface area contributed by atoms with Gasteiger partial charge in [0.05, 0.1) is 6.54 Å². The summed E-state index contributed by atoms with van der Waals surface area (Å²) < 4.78 is 0. The highest BCUT2D eigenvalue weighted by atomic mass is 16.2. The van der Waals surface area contributed by atoms with Crippen LogP contribution in [0.2, 0.25) is 0 Å². The van der Waals surface area contributed by atoms with Gasteiger partial charge in [0.15, 0.2) is 0 Å². The molecule has 1 N–H and O–H groups in total. The van der Waals surface area contributed by atoms with E-state index in [1.807, 2.05) is 13.0 Å². The maximum Gasteiger partial charge on any atom is 0.245 e. The first-order valence-corrected chi connectivity index (χ1v) is 9.05. The van der Waals surface area contributed by atoms with Crippen LogP contribution in [0.4, 0.5) is 5.82 Å². The minimum absolute atomic E-state index is 0.00134. The lowest BCUT2D eigenvalue weighted by Crippen LogP contribution is -2.37. The summed E-state index contributed by atoms with van der Waals surface area (Å²) in [7, 11) is 1.71. The lowest BCUT2D eigenvalue weighted by molar-refractivity contribution is -0.134. The lowest BCUT2D eigenvalue weighted by Gasteiger charge is -2.19. The second-order valence-electron chi connectivity index (χ2n) is 7.53. The molecule has 2 aromatic rings. The second kappa shape index (κ2) is 6.24. The van der Waals surface area contributed by atoms with Crippen LogP contribution in [0.5, 0.6) is 0 Å². The number of aromatic nitrogens is 1. The fraction of sp³-hybridized carbons (Fsp3) is 0.381. The topological polar surface area (TPSA) is 62.3 Å². The third kappa shape index (κ3) is 2.87. The Kier molecular flexibility index (Phi) is 4.02. The van der Waals surface area contributed by atoms with E-state index in [1.165, 1.54) is 11.1 Å². The van der Waals surface area contributed by atoms with Gasteiger partial charge in [0.25, 0.3) is 0 Å². The summed E-state index contributed by atoms with van der Waals surface area (Å²) in [4.78, 5) is 30.8. The van der Waals surface area contributed by atoms with Crippen molar-refractivity contribution >= 4 is 17.6 Å². The molecule has 1 aromatic heterocycles. The standard InChI is InChI=1S/C21H23N3O2/c1-14-7-8-18(22-12-14)23-19(25)13-24(2)20(26)17-11-21(17)10-9-15-5-3-4-6-16(15)21/h3-8,12,17H,9-11,13H2,1-2H3,(H,22,23,25)/t17-,21-/m1/s1. The molecule has 0 unspecified atom stereocenters. The smallest absolute Gasteiger partial charge is 0.245 e. The zero-order valence-corrected chi connectivity index (χ0v) is 15.2. The van der Waals surface area contributed by atoms with E-state index in [0.717, 1.165) is 24.8 Å². The zero-order chi connectivity index (χ0) is 18.3. The number of hydrogen-bond donors (Lipinski definition) is 1. The van der Waals surface area contributed by atoms with Gasteiger partial charge in [0, 0.05) is 24.6 Å². The number of fused-ring (bicyclic) bond motifs is 2. The average Bonchev–Trinajstić information content (AvgIpc) is 3.25. The first-order valence-electron chi connectivity index (χ1n) is 9.05. The number of aryl methyl sites for hydroxylation is 2. The molecule has 134 valence electrons. The molecular weight excluding hydrogens is 326 g/mol. The van der Waals surface area contributed by atoms with Crippen LogP contribution in [-0.4, -0.2) is 35.3 Å². The number of carbonyl (C=O) groups is 2. The van der Waals surface area contributed by atoms with Crippen molar-refractivity contribution in [3.63, 3.8) is 0 Å². The van der Waals surface area contributed by atoms with E-state index < -0.39 is 0 Å². The average molecular weight is 349 g/mol. The molecular formula is C21H23N3O2. The lowest BCUT2D eigenvalue weighted by atomic mass is 9.95. The first kappa shape index (κ1) is 16.8. The monoisotopic (exact) mass is 349 g/mol. The van der Waals surface area contributed by atoms with Crippen LogP contribution in [0.25, 0.3) is 0 Å². The fourth-order valence-corrected chi connectivity index (χ4v) is 4.20. The number of likely N-dealkylation sites (N-methyl/N-ethyl adjacent to an activating group) is 1. The molecule has 0 bridgehead atoms. The highest BCUT2D eigenvalue weighted by molar-refractivity contribution is 5.95. The van der Waals surface area contributed by atoms with E-state index in [2.05, 4.69) is 34.6 Å². The Balaban J connectivity index is 1.37. The Morgan fingerprint density at radius 3 is 2.85 bits per heavy atom. The van der Waals surface area contributed by atoms with Crippen LogP contribution < -0.4 is 5.32 Å². The van der Waals surface area contributed by atoms with E-state index in [-0.39, 0.29) is 29.7 Å². The molecule has 2 aliphatic rings. The van der Waals surface area contributed by atoms with Crippen LogP contribution in [0.15, 0.2) is 42.6 Å². The minimum atomic E-state index is -0.223. The van der Waals surface area contributed by atoms with Gasteiger partial charge in [-0.2, -0.15) is 0 Å². The maximum absolute atomic E-state index is 12.8. The molecule has 1 heterocycles. The molecule has 1 saturated carbocycles. The Labute approximate surface area is 153 Å². The number of anilines is 1. The summed E-state index contributed by atoms with van der Waals surface area (Å²) in [5, 5.41) is 2.75. The van der Waals surface area contributed by atoms with Crippen molar-refractivity contribution in [3.05, 3.63) is 59.3 Å². The van der Waals surface area contributed by atoms with Gasteiger partial charge in [-0.15, -0.1) is 0 Å². The molecule has 0 radical (unpaired) electrons. The van der Waals surface area contributed by atoms with Crippen molar-refractivity contribution in [1.82, 2.24) is 9.88 Å². The number of carbonyl (C=O) groups excluding carboxylic acids is 2. The third-order valence-corrected chi connectivity index (χ3v) is 5.70. The SMILES string of the molecule is Cc1ccc(NC(=O)CN(C)C(=O)[C@H]2C[C@@]23CCc2ccccc23)nc1. The van der Waals surface area contributed by atoms with Crippen molar-refractivity contribution in [3.8, 4) is 0 Å². The number of nitrogens with one attached hydrogen (secondary N) is 1. The summed E-state index contributed by atoms with van der Waals surface area (Å²) >= 11 is 0. The van der Waals surface area contributed by atoms with Crippen LogP contribution in [0, 0.1) is 12.8 Å². The van der Waals surface area contributed by atoms with Crippen molar-refractivity contribution in [1.29, 1.82) is 0 Å². The van der Waals surface area contributed by atoms with Crippen LogP contribution in [-0.2, 0) is 21.4 Å².